The van der Waals surface area contributed by atoms with Crippen molar-refractivity contribution in [3.63, 3.8) is 0 Å². The number of aromatic amines is 1. The van der Waals surface area contributed by atoms with Gasteiger partial charge in [0.2, 0.25) is 0 Å². The van der Waals surface area contributed by atoms with Crippen molar-refractivity contribution in [2.45, 2.75) is 20.4 Å². The van der Waals surface area contributed by atoms with Crippen molar-refractivity contribution in [1.29, 1.82) is 0 Å². The van der Waals surface area contributed by atoms with Gasteiger partial charge in [-0.2, -0.15) is 5.10 Å². The van der Waals surface area contributed by atoms with Crippen molar-refractivity contribution in [2.24, 2.45) is 0 Å². The lowest BCUT2D eigenvalue weighted by atomic mass is 10.2. The molecule has 0 aliphatic heterocycles. The second kappa shape index (κ2) is 6.13. The van der Waals surface area contributed by atoms with Crippen molar-refractivity contribution >= 4 is 5.69 Å². The van der Waals surface area contributed by atoms with Crippen LogP contribution in [0.25, 0.3) is 0 Å². The number of hydrogen-bond acceptors (Lipinski definition) is 4. The molecule has 0 saturated carbocycles. The van der Waals surface area contributed by atoms with Gasteiger partial charge in [0.1, 0.15) is 0 Å². The predicted molar refractivity (Wildman–Crippen MR) is 74.8 cm³/mol. The molecular formula is C14H19N3O2. The molecule has 2 N–H and O–H groups in total. The quantitative estimate of drug-likeness (QED) is 0.839. The molecule has 102 valence electrons. The Bertz CT molecular complexity index is 537. The summed E-state index contributed by atoms with van der Waals surface area (Å²) in [6.45, 7) is 5.30. The number of rotatable bonds is 6. The number of methoxy groups -OCH3 is 1. The molecular weight excluding hydrogens is 242 g/mol. The Morgan fingerprint density at radius 3 is 2.79 bits per heavy atom. The first-order valence-electron chi connectivity index (χ1n) is 6.28. The minimum Gasteiger partial charge on any atom is -0.493 e. The van der Waals surface area contributed by atoms with E-state index in [9.17, 15) is 0 Å². The number of nitrogens with one attached hydrogen (secondary N) is 2. The minimum absolute atomic E-state index is 0.622. The highest BCUT2D eigenvalue weighted by Crippen LogP contribution is 2.30. The summed E-state index contributed by atoms with van der Waals surface area (Å²) in [5.74, 6) is 1.49. The van der Waals surface area contributed by atoms with Gasteiger partial charge >= 0.3 is 0 Å². The lowest BCUT2D eigenvalue weighted by molar-refractivity contribution is 0.311. The van der Waals surface area contributed by atoms with Crippen molar-refractivity contribution in [3.8, 4) is 11.5 Å². The van der Waals surface area contributed by atoms with Gasteiger partial charge in [0, 0.05) is 29.6 Å². The van der Waals surface area contributed by atoms with E-state index in [-0.39, 0.29) is 0 Å². The number of ether oxygens (including phenoxy) is 2. The van der Waals surface area contributed by atoms with Crippen molar-refractivity contribution in [3.05, 3.63) is 35.7 Å². The highest BCUT2D eigenvalue weighted by Gasteiger charge is 2.06. The van der Waals surface area contributed by atoms with Crippen LogP contribution in [0.2, 0.25) is 0 Å². The third-order valence-corrected chi connectivity index (χ3v) is 2.88. The molecule has 0 fully saturated rings. The van der Waals surface area contributed by atoms with Crippen molar-refractivity contribution in [1.82, 2.24) is 10.2 Å². The van der Waals surface area contributed by atoms with E-state index >= 15 is 0 Å². The molecule has 0 unspecified atom stereocenters. The molecule has 0 bridgehead atoms. The number of hydrogen-bond donors (Lipinski definition) is 2. The van der Waals surface area contributed by atoms with Gasteiger partial charge in [0.25, 0.3) is 0 Å². The molecule has 5 nitrogen and oxygen atoms in total. The molecule has 2 aromatic rings. The largest absolute Gasteiger partial charge is 0.493 e. The summed E-state index contributed by atoms with van der Waals surface area (Å²) >= 11 is 0. The van der Waals surface area contributed by atoms with E-state index in [1.54, 1.807) is 7.11 Å². The maximum atomic E-state index is 5.48. The van der Waals surface area contributed by atoms with Gasteiger partial charge in [-0.25, -0.2) is 0 Å². The average molecular weight is 261 g/mol. The van der Waals surface area contributed by atoms with Crippen LogP contribution in [0, 0.1) is 6.92 Å². The van der Waals surface area contributed by atoms with Gasteiger partial charge in [-0.05, 0) is 26.0 Å². The van der Waals surface area contributed by atoms with Crippen LogP contribution in [0.15, 0.2) is 24.4 Å². The molecule has 0 aliphatic carbocycles. The fraction of sp³-hybridized carbons (Fsp3) is 0.357. The van der Waals surface area contributed by atoms with E-state index in [1.807, 2.05) is 38.2 Å². The van der Waals surface area contributed by atoms with Crippen LogP contribution in [0.1, 0.15) is 18.2 Å². The Morgan fingerprint density at radius 2 is 2.16 bits per heavy atom. The number of aromatic nitrogens is 2. The summed E-state index contributed by atoms with van der Waals surface area (Å²) in [6.07, 6.45) is 1.83. The first-order chi connectivity index (χ1) is 9.24. The third kappa shape index (κ3) is 3.19. The molecule has 0 amide bonds. The number of H-pyrrole nitrogens is 1. The molecule has 0 spiro atoms. The minimum atomic E-state index is 0.622. The molecule has 1 aromatic carbocycles. The van der Waals surface area contributed by atoms with Crippen molar-refractivity contribution < 1.29 is 9.47 Å². The van der Waals surface area contributed by atoms with Crippen LogP contribution in [-0.4, -0.2) is 23.9 Å². The molecule has 1 aromatic heterocycles. The zero-order valence-electron chi connectivity index (χ0n) is 11.5. The molecule has 1 heterocycles. The van der Waals surface area contributed by atoms with E-state index in [2.05, 4.69) is 15.5 Å². The molecule has 0 radical (unpaired) electrons. The Labute approximate surface area is 112 Å². The van der Waals surface area contributed by atoms with Gasteiger partial charge in [-0.3, -0.25) is 5.10 Å². The van der Waals surface area contributed by atoms with Gasteiger partial charge in [-0.15, -0.1) is 0 Å². The van der Waals surface area contributed by atoms with Crippen molar-refractivity contribution in [2.75, 3.05) is 19.0 Å². The van der Waals surface area contributed by atoms with Crippen LogP contribution in [-0.2, 0) is 6.54 Å². The van der Waals surface area contributed by atoms with E-state index in [1.165, 1.54) is 0 Å². The smallest absolute Gasteiger partial charge is 0.162 e. The highest BCUT2D eigenvalue weighted by molar-refractivity contribution is 5.55. The Hall–Kier alpha value is -2.17. The van der Waals surface area contributed by atoms with Gasteiger partial charge < -0.3 is 14.8 Å². The predicted octanol–water partition coefficient (Wildman–Crippen LogP) is 2.74. The molecule has 5 heteroatoms. The van der Waals surface area contributed by atoms with Crippen LogP contribution < -0.4 is 14.8 Å². The van der Waals surface area contributed by atoms with Gasteiger partial charge in [0.15, 0.2) is 11.5 Å². The summed E-state index contributed by atoms with van der Waals surface area (Å²) < 4.78 is 10.8. The molecule has 0 atom stereocenters. The van der Waals surface area contributed by atoms with Gasteiger partial charge in [0.05, 0.1) is 19.9 Å². The third-order valence-electron chi connectivity index (χ3n) is 2.88. The van der Waals surface area contributed by atoms with Crippen LogP contribution in [0.4, 0.5) is 5.69 Å². The summed E-state index contributed by atoms with van der Waals surface area (Å²) in [6, 6.07) is 5.82. The lowest BCUT2D eigenvalue weighted by Gasteiger charge is -2.12. The Morgan fingerprint density at radius 1 is 1.32 bits per heavy atom. The summed E-state index contributed by atoms with van der Waals surface area (Å²) in [7, 11) is 1.64. The lowest BCUT2D eigenvalue weighted by Crippen LogP contribution is -2.01. The van der Waals surface area contributed by atoms with Crippen LogP contribution >= 0.6 is 0 Å². The number of nitrogens with zero attached hydrogens (tertiary/aromatic N) is 1. The monoisotopic (exact) mass is 261 g/mol. The molecule has 2 rings (SSSR count). The van der Waals surface area contributed by atoms with Crippen LogP contribution in [0.5, 0.6) is 11.5 Å². The fourth-order valence-electron chi connectivity index (χ4n) is 1.80. The highest BCUT2D eigenvalue weighted by atomic mass is 16.5. The molecule has 19 heavy (non-hydrogen) atoms. The van der Waals surface area contributed by atoms with E-state index in [4.69, 9.17) is 9.47 Å². The SMILES string of the molecule is CCOc1ccc(NCc2cn[nH]c2C)cc1OC. The van der Waals surface area contributed by atoms with Gasteiger partial charge in [-0.1, -0.05) is 0 Å². The first-order valence-corrected chi connectivity index (χ1v) is 6.28. The fourth-order valence-corrected chi connectivity index (χ4v) is 1.80. The number of aryl methyl sites for hydroxylation is 1. The maximum Gasteiger partial charge on any atom is 0.162 e. The normalized spacial score (nSPS) is 10.3. The maximum absolute atomic E-state index is 5.48. The summed E-state index contributed by atoms with van der Waals surface area (Å²) in [5, 5.41) is 10.3. The van der Waals surface area contributed by atoms with E-state index in [0.717, 1.165) is 35.0 Å². The van der Waals surface area contributed by atoms with E-state index in [0.29, 0.717) is 6.61 Å². The second-order valence-electron chi connectivity index (χ2n) is 4.17. The topological polar surface area (TPSA) is 59.2 Å². The summed E-state index contributed by atoms with van der Waals surface area (Å²) in [5.41, 5.74) is 3.21. The van der Waals surface area contributed by atoms with Crippen LogP contribution in [0.3, 0.4) is 0 Å². The Balaban J connectivity index is 2.07. The average Bonchev–Trinajstić information content (AvgIpc) is 2.83. The number of benzene rings is 1. The Kier molecular flexibility index (Phi) is 4.28. The molecule has 0 saturated heterocycles. The standard InChI is InChI=1S/C14H19N3O2/c1-4-19-13-6-5-12(7-14(13)18-3)15-8-11-9-16-17-10(11)2/h5-7,9,15H,4,8H2,1-3H3,(H,16,17). The van der Waals surface area contributed by atoms with E-state index < -0.39 is 0 Å². The zero-order valence-corrected chi connectivity index (χ0v) is 11.5. The zero-order chi connectivity index (χ0) is 13.7. The summed E-state index contributed by atoms with van der Waals surface area (Å²) in [4.78, 5) is 0. The first kappa shape index (κ1) is 13.3. The number of anilines is 1. The second-order valence-corrected chi connectivity index (χ2v) is 4.17. The molecule has 0 aliphatic rings.